The van der Waals surface area contributed by atoms with E-state index in [1.807, 2.05) is 0 Å². The molecule has 1 aromatic rings. The lowest BCUT2D eigenvalue weighted by atomic mass is 10.2. The topological polar surface area (TPSA) is 49.8 Å². The fourth-order valence-corrected chi connectivity index (χ4v) is 1.48. The number of carbonyl (C=O) groups is 1. The van der Waals surface area contributed by atoms with Crippen molar-refractivity contribution < 1.29 is 14.6 Å². The van der Waals surface area contributed by atoms with Gasteiger partial charge in [0.05, 0.1) is 12.8 Å². The largest absolute Gasteiger partial charge is 0.495 e. The Morgan fingerprint density at radius 1 is 1.56 bits per heavy atom. The molecular weight excluding hydrogens is 230 g/mol. The molecule has 0 radical (unpaired) electrons. The van der Waals surface area contributed by atoms with Crippen LogP contribution >= 0.6 is 11.6 Å². The van der Waals surface area contributed by atoms with Crippen molar-refractivity contribution in [3.63, 3.8) is 0 Å². The highest BCUT2D eigenvalue weighted by atomic mass is 35.5. The number of hydrogen-bond acceptors (Lipinski definition) is 3. The fourth-order valence-electron chi connectivity index (χ4n) is 1.31. The maximum absolute atomic E-state index is 10.9. The van der Waals surface area contributed by atoms with Crippen molar-refractivity contribution in [1.29, 1.82) is 0 Å². The van der Waals surface area contributed by atoms with Gasteiger partial charge >= 0.3 is 5.97 Å². The summed E-state index contributed by atoms with van der Waals surface area (Å²) in [6.45, 7) is 1.60. The maximum atomic E-state index is 10.9. The minimum atomic E-state index is -0.899. The molecule has 0 saturated carbocycles. The fraction of sp³-hybridized carbons (Fsp3) is 0.364. The number of halogens is 1. The van der Waals surface area contributed by atoms with E-state index in [2.05, 4.69) is 0 Å². The lowest BCUT2D eigenvalue weighted by Crippen LogP contribution is -2.35. The van der Waals surface area contributed by atoms with Crippen LogP contribution in [0.15, 0.2) is 18.2 Å². The normalized spacial score (nSPS) is 12.0. The first-order valence-electron chi connectivity index (χ1n) is 4.76. The molecule has 0 heterocycles. The second kappa shape index (κ2) is 5.07. The number of carboxylic acids is 1. The molecule has 0 aliphatic heterocycles. The Hall–Kier alpha value is -1.42. The van der Waals surface area contributed by atoms with Gasteiger partial charge in [0.25, 0.3) is 0 Å². The molecule has 0 fully saturated rings. The van der Waals surface area contributed by atoms with Crippen LogP contribution in [0.1, 0.15) is 6.92 Å². The first kappa shape index (κ1) is 12.6. The monoisotopic (exact) mass is 243 g/mol. The van der Waals surface area contributed by atoms with Crippen LogP contribution in [-0.2, 0) is 4.79 Å². The van der Waals surface area contributed by atoms with Crippen LogP contribution in [0.4, 0.5) is 5.69 Å². The van der Waals surface area contributed by atoms with Crippen LogP contribution in [0.25, 0.3) is 0 Å². The van der Waals surface area contributed by atoms with E-state index in [1.165, 1.54) is 7.11 Å². The highest BCUT2D eigenvalue weighted by molar-refractivity contribution is 6.31. The van der Waals surface area contributed by atoms with Gasteiger partial charge < -0.3 is 14.7 Å². The van der Waals surface area contributed by atoms with Gasteiger partial charge in [-0.25, -0.2) is 4.79 Å². The number of likely N-dealkylation sites (N-methyl/N-ethyl adjacent to an activating group) is 1. The zero-order chi connectivity index (χ0) is 12.3. The maximum Gasteiger partial charge on any atom is 0.326 e. The van der Waals surface area contributed by atoms with Crippen molar-refractivity contribution in [2.24, 2.45) is 0 Å². The molecule has 0 spiro atoms. The summed E-state index contributed by atoms with van der Waals surface area (Å²) in [5.74, 6) is -0.301. The highest BCUT2D eigenvalue weighted by Gasteiger charge is 2.20. The molecule has 1 rings (SSSR count). The molecule has 1 N–H and O–H groups in total. The standard InChI is InChI=1S/C11H14ClNO3/c1-7(11(14)15)13(2)9-6-8(12)4-5-10(9)16-3/h4-7H,1-3H3,(H,14,15). The first-order valence-corrected chi connectivity index (χ1v) is 5.14. The number of anilines is 1. The summed E-state index contributed by atoms with van der Waals surface area (Å²) in [4.78, 5) is 12.5. The molecule has 5 heteroatoms. The predicted octanol–water partition coefficient (Wildman–Crippen LogP) is 2.26. The molecule has 0 aliphatic rings. The molecule has 0 aromatic heterocycles. The molecule has 0 amide bonds. The van der Waals surface area contributed by atoms with Gasteiger partial charge in [0.1, 0.15) is 11.8 Å². The van der Waals surface area contributed by atoms with Crippen LogP contribution in [0.3, 0.4) is 0 Å². The number of hydrogen-bond donors (Lipinski definition) is 1. The van der Waals surface area contributed by atoms with Crippen molar-refractivity contribution in [1.82, 2.24) is 0 Å². The van der Waals surface area contributed by atoms with Gasteiger partial charge in [0.15, 0.2) is 0 Å². The number of carboxylic acid groups (broad SMARTS) is 1. The number of aliphatic carboxylic acids is 1. The molecule has 4 nitrogen and oxygen atoms in total. The highest BCUT2D eigenvalue weighted by Crippen LogP contribution is 2.31. The Morgan fingerprint density at radius 3 is 2.69 bits per heavy atom. The van der Waals surface area contributed by atoms with Crippen LogP contribution in [0.5, 0.6) is 5.75 Å². The minimum absolute atomic E-state index is 0.542. The second-order valence-electron chi connectivity index (χ2n) is 3.44. The molecule has 0 saturated heterocycles. The van der Waals surface area contributed by atoms with E-state index in [0.717, 1.165) is 0 Å². The summed E-state index contributed by atoms with van der Waals surface area (Å²) in [5.41, 5.74) is 0.657. The molecule has 0 bridgehead atoms. The van der Waals surface area contributed by atoms with Crippen molar-refractivity contribution in [3.8, 4) is 5.75 Å². The third-order valence-corrected chi connectivity index (χ3v) is 2.69. The van der Waals surface area contributed by atoms with E-state index in [4.69, 9.17) is 21.4 Å². The van der Waals surface area contributed by atoms with Gasteiger partial charge in [-0.05, 0) is 25.1 Å². The van der Waals surface area contributed by atoms with E-state index in [1.54, 1.807) is 37.1 Å². The van der Waals surface area contributed by atoms with Crippen LogP contribution in [0, 0.1) is 0 Å². The molecule has 16 heavy (non-hydrogen) atoms. The smallest absolute Gasteiger partial charge is 0.326 e. The van der Waals surface area contributed by atoms with Gasteiger partial charge in [-0.3, -0.25) is 0 Å². The summed E-state index contributed by atoms with van der Waals surface area (Å²) in [7, 11) is 3.22. The number of nitrogens with zero attached hydrogens (tertiary/aromatic N) is 1. The number of rotatable bonds is 4. The van der Waals surface area contributed by atoms with Crippen molar-refractivity contribution in [2.75, 3.05) is 19.1 Å². The Bertz CT molecular complexity index is 395. The lowest BCUT2D eigenvalue weighted by Gasteiger charge is -2.25. The van der Waals surface area contributed by atoms with E-state index >= 15 is 0 Å². The first-order chi connectivity index (χ1) is 7.47. The van der Waals surface area contributed by atoms with Crippen molar-refractivity contribution >= 4 is 23.3 Å². The minimum Gasteiger partial charge on any atom is -0.495 e. The van der Waals surface area contributed by atoms with Crippen LogP contribution in [0.2, 0.25) is 5.02 Å². The summed E-state index contributed by atoms with van der Waals surface area (Å²) in [6.07, 6.45) is 0. The van der Waals surface area contributed by atoms with Crippen molar-refractivity contribution in [2.45, 2.75) is 13.0 Å². The van der Waals surface area contributed by atoms with Crippen molar-refractivity contribution in [3.05, 3.63) is 23.2 Å². The molecule has 88 valence electrons. The summed E-state index contributed by atoms with van der Waals surface area (Å²) in [5, 5.41) is 9.47. The van der Waals surface area contributed by atoms with Gasteiger partial charge in [-0.1, -0.05) is 11.6 Å². The average Bonchev–Trinajstić information content (AvgIpc) is 2.26. The van der Waals surface area contributed by atoms with E-state index < -0.39 is 12.0 Å². The third kappa shape index (κ3) is 2.58. The molecule has 1 atom stereocenters. The molecular formula is C11H14ClNO3. The van der Waals surface area contributed by atoms with E-state index in [-0.39, 0.29) is 0 Å². The predicted molar refractivity (Wildman–Crippen MR) is 63.5 cm³/mol. The lowest BCUT2D eigenvalue weighted by molar-refractivity contribution is -0.138. The van der Waals surface area contributed by atoms with E-state index in [0.29, 0.717) is 16.5 Å². The second-order valence-corrected chi connectivity index (χ2v) is 3.88. The number of benzene rings is 1. The Labute approximate surface area is 99.4 Å². The molecule has 1 aromatic carbocycles. The Morgan fingerprint density at radius 2 is 2.19 bits per heavy atom. The van der Waals surface area contributed by atoms with Crippen LogP contribution < -0.4 is 9.64 Å². The van der Waals surface area contributed by atoms with Gasteiger partial charge in [-0.2, -0.15) is 0 Å². The Kier molecular flexibility index (Phi) is 4.01. The van der Waals surface area contributed by atoms with Gasteiger partial charge in [0, 0.05) is 12.1 Å². The zero-order valence-electron chi connectivity index (χ0n) is 9.40. The quantitative estimate of drug-likeness (QED) is 0.881. The number of methoxy groups -OCH3 is 1. The van der Waals surface area contributed by atoms with E-state index in [9.17, 15) is 4.79 Å². The van der Waals surface area contributed by atoms with Crippen LogP contribution in [-0.4, -0.2) is 31.3 Å². The molecule has 0 aliphatic carbocycles. The van der Waals surface area contributed by atoms with Gasteiger partial charge in [-0.15, -0.1) is 0 Å². The third-order valence-electron chi connectivity index (χ3n) is 2.46. The molecule has 1 unspecified atom stereocenters. The van der Waals surface area contributed by atoms with Gasteiger partial charge in [0.2, 0.25) is 0 Å². The zero-order valence-corrected chi connectivity index (χ0v) is 10.2. The summed E-state index contributed by atoms with van der Waals surface area (Å²) in [6, 6.07) is 4.44. The average molecular weight is 244 g/mol. The Balaban J connectivity index is 3.10. The number of ether oxygens (including phenoxy) is 1. The summed E-state index contributed by atoms with van der Waals surface area (Å²) >= 11 is 5.87. The SMILES string of the molecule is COc1ccc(Cl)cc1N(C)C(C)C(=O)O. The summed E-state index contributed by atoms with van der Waals surface area (Å²) < 4.78 is 5.16.